The van der Waals surface area contributed by atoms with Crippen LogP contribution in [0.4, 0.5) is 8.78 Å². The molecule has 1 aliphatic rings. The van der Waals surface area contributed by atoms with Gasteiger partial charge in [-0.25, -0.2) is 0 Å². The molecule has 1 fully saturated rings. The van der Waals surface area contributed by atoms with Crippen LogP contribution in [-0.4, -0.2) is 13.2 Å². The van der Waals surface area contributed by atoms with E-state index < -0.39 is 6.61 Å². The molecule has 0 N–H and O–H groups in total. The summed E-state index contributed by atoms with van der Waals surface area (Å²) < 4.78 is 27.2. The highest BCUT2D eigenvalue weighted by molar-refractivity contribution is 4.91. The van der Waals surface area contributed by atoms with Crippen LogP contribution in [0.3, 0.4) is 0 Å². The molecule has 1 nitrogen and oxygen atoms in total. The second-order valence-corrected chi connectivity index (χ2v) is 2.93. The number of alkyl halides is 2. The van der Waals surface area contributed by atoms with E-state index >= 15 is 0 Å². The van der Waals surface area contributed by atoms with Crippen molar-refractivity contribution < 1.29 is 13.5 Å². The summed E-state index contributed by atoms with van der Waals surface area (Å²) in [6.07, 6.45) is 3.06. The van der Waals surface area contributed by atoms with Gasteiger partial charge in [0, 0.05) is 0 Å². The number of rotatable bonds is 4. The quantitative estimate of drug-likeness (QED) is 0.598. The zero-order valence-corrected chi connectivity index (χ0v) is 6.07. The van der Waals surface area contributed by atoms with E-state index in [1.165, 1.54) is 0 Å². The fourth-order valence-electron chi connectivity index (χ4n) is 1.02. The lowest BCUT2D eigenvalue weighted by Crippen LogP contribution is -2.12. The van der Waals surface area contributed by atoms with Gasteiger partial charge in [0.25, 0.3) is 0 Å². The molecule has 0 aromatic heterocycles. The van der Waals surface area contributed by atoms with Crippen LogP contribution in [0.5, 0.6) is 0 Å². The minimum atomic E-state index is -2.59. The summed E-state index contributed by atoms with van der Waals surface area (Å²) in [6, 6.07) is 0. The molecule has 10 heavy (non-hydrogen) atoms. The summed E-state index contributed by atoms with van der Waals surface area (Å²) in [4.78, 5) is 0. The Morgan fingerprint density at radius 1 is 1.50 bits per heavy atom. The van der Waals surface area contributed by atoms with Gasteiger partial charge >= 0.3 is 6.61 Å². The van der Waals surface area contributed by atoms with E-state index in [0.29, 0.717) is 0 Å². The Bertz CT molecular complexity index is 110. The molecular weight excluding hydrogens is 138 g/mol. The standard InChI is InChI=1S/C7H12F2O/c1-2-7(3-4-7)5-10-6(8)9/h6H,2-5H2,1H3. The van der Waals surface area contributed by atoms with Gasteiger partial charge in [-0.05, 0) is 24.7 Å². The third-order valence-electron chi connectivity index (χ3n) is 2.22. The molecule has 0 atom stereocenters. The van der Waals surface area contributed by atoms with E-state index in [0.717, 1.165) is 19.3 Å². The van der Waals surface area contributed by atoms with Crippen molar-refractivity contribution in [1.82, 2.24) is 0 Å². The van der Waals surface area contributed by atoms with Gasteiger partial charge in [0.15, 0.2) is 0 Å². The molecule has 0 unspecified atom stereocenters. The lowest BCUT2D eigenvalue weighted by molar-refractivity contribution is -0.141. The van der Waals surface area contributed by atoms with E-state index in [1.807, 2.05) is 6.92 Å². The van der Waals surface area contributed by atoms with Crippen molar-refractivity contribution in [3.8, 4) is 0 Å². The van der Waals surface area contributed by atoms with Crippen LogP contribution in [-0.2, 0) is 4.74 Å². The Kier molecular flexibility index (Phi) is 2.24. The fraction of sp³-hybridized carbons (Fsp3) is 1.00. The summed E-state index contributed by atoms with van der Waals surface area (Å²) in [5.41, 5.74) is 0.121. The lowest BCUT2D eigenvalue weighted by Gasteiger charge is -2.11. The van der Waals surface area contributed by atoms with Gasteiger partial charge in [0.1, 0.15) is 0 Å². The third kappa shape index (κ3) is 1.90. The van der Waals surface area contributed by atoms with Crippen molar-refractivity contribution in [3.63, 3.8) is 0 Å². The number of hydrogen-bond donors (Lipinski definition) is 0. The maximum Gasteiger partial charge on any atom is 0.345 e. The van der Waals surface area contributed by atoms with Crippen molar-refractivity contribution >= 4 is 0 Å². The van der Waals surface area contributed by atoms with Crippen LogP contribution in [0.2, 0.25) is 0 Å². The average molecular weight is 150 g/mol. The van der Waals surface area contributed by atoms with E-state index in [-0.39, 0.29) is 12.0 Å². The number of hydrogen-bond acceptors (Lipinski definition) is 1. The molecule has 60 valence electrons. The van der Waals surface area contributed by atoms with Crippen molar-refractivity contribution in [2.75, 3.05) is 6.61 Å². The van der Waals surface area contributed by atoms with Gasteiger partial charge in [-0.2, -0.15) is 8.78 Å². The maximum atomic E-state index is 11.5. The van der Waals surface area contributed by atoms with Crippen LogP contribution in [0.1, 0.15) is 26.2 Å². The SMILES string of the molecule is CCC1(COC(F)F)CC1. The Hall–Kier alpha value is -0.180. The molecule has 0 heterocycles. The van der Waals surface area contributed by atoms with Gasteiger partial charge in [0.05, 0.1) is 6.61 Å². The van der Waals surface area contributed by atoms with Gasteiger partial charge in [-0.1, -0.05) is 6.92 Å². The monoisotopic (exact) mass is 150 g/mol. The third-order valence-corrected chi connectivity index (χ3v) is 2.22. The van der Waals surface area contributed by atoms with Crippen LogP contribution in [0.15, 0.2) is 0 Å². The zero-order valence-electron chi connectivity index (χ0n) is 6.07. The lowest BCUT2D eigenvalue weighted by atomic mass is 10.1. The zero-order chi connectivity index (χ0) is 7.61. The van der Waals surface area contributed by atoms with Crippen molar-refractivity contribution in [2.24, 2.45) is 5.41 Å². The molecule has 0 aromatic rings. The molecule has 0 bridgehead atoms. The second-order valence-electron chi connectivity index (χ2n) is 2.93. The molecule has 0 aromatic carbocycles. The first kappa shape index (κ1) is 7.92. The first-order valence-corrected chi connectivity index (χ1v) is 3.58. The Morgan fingerprint density at radius 2 is 2.10 bits per heavy atom. The van der Waals surface area contributed by atoms with Gasteiger partial charge in [0.2, 0.25) is 0 Å². The molecule has 0 spiro atoms. The largest absolute Gasteiger partial charge is 0.345 e. The molecule has 1 rings (SSSR count). The first-order chi connectivity index (χ1) is 4.68. The highest BCUT2D eigenvalue weighted by Gasteiger charge is 2.41. The predicted octanol–water partition coefficient (Wildman–Crippen LogP) is 2.42. The normalized spacial score (nSPS) is 21.6. The minimum absolute atomic E-state index is 0.121. The van der Waals surface area contributed by atoms with Gasteiger partial charge < -0.3 is 4.74 Å². The summed E-state index contributed by atoms with van der Waals surface area (Å²) in [5, 5.41) is 0. The van der Waals surface area contributed by atoms with Crippen LogP contribution >= 0.6 is 0 Å². The second kappa shape index (κ2) is 2.82. The highest BCUT2D eigenvalue weighted by atomic mass is 19.3. The van der Waals surface area contributed by atoms with Crippen molar-refractivity contribution in [3.05, 3.63) is 0 Å². The Balaban J connectivity index is 2.13. The Morgan fingerprint density at radius 3 is 2.40 bits per heavy atom. The molecule has 3 heteroatoms. The van der Waals surface area contributed by atoms with E-state index in [1.54, 1.807) is 0 Å². The van der Waals surface area contributed by atoms with Gasteiger partial charge in [-0.3, -0.25) is 0 Å². The molecule has 0 radical (unpaired) electrons. The fourth-order valence-corrected chi connectivity index (χ4v) is 1.02. The summed E-state index contributed by atoms with van der Waals surface area (Å²) in [5.74, 6) is 0. The number of halogens is 2. The minimum Gasteiger partial charge on any atom is -0.322 e. The summed E-state index contributed by atoms with van der Waals surface area (Å²) in [6.45, 7) is -0.341. The van der Waals surface area contributed by atoms with Gasteiger partial charge in [-0.15, -0.1) is 0 Å². The smallest absolute Gasteiger partial charge is 0.322 e. The van der Waals surface area contributed by atoms with E-state index in [2.05, 4.69) is 4.74 Å². The molecule has 0 saturated heterocycles. The van der Waals surface area contributed by atoms with Crippen LogP contribution in [0.25, 0.3) is 0 Å². The molecule has 0 aliphatic heterocycles. The number of ether oxygens (including phenoxy) is 1. The molecular formula is C7H12F2O. The average Bonchev–Trinajstić information content (AvgIpc) is 2.64. The molecule has 1 saturated carbocycles. The topological polar surface area (TPSA) is 9.23 Å². The summed E-state index contributed by atoms with van der Waals surface area (Å²) >= 11 is 0. The first-order valence-electron chi connectivity index (χ1n) is 3.58. The van der Waals surface area contributed by atoms with Crippen LogP contribution in [0, 0.1) is 5.41 Å². The van der Waals surface area contributed by atoms with Crippen molar-refractivity contribution in [2.45, 2.75) is 32.8 Å². The van der Waals surface area contributed by atoms with Crippen molar-refractivity contribution in [1.29, 1.82) is 0 Å². The predicted molar refractivity (Wildman–Crippen MR) is 33.9 cm³/mol. The Labute approximate surface area is 59.4 Å². The maximum absolute atomic E-state index is 11.5. The highest BCUT2D eigenvalue weighted by Crippen LogP contribution is 2.48. The van der Waals surface area contributed by atoms with E-state index in [9.17, 15) is 8.78 Å². The molecule has 1 aliphatic carbocycles. The summed E-state index contributed by atoms with van der Waals surface area (Å²) in [7, 11) is 0. The molecule has 0 amide bonds. The van der Waals surface area contributed by atoms with Crippen LogP contribution < -0.4 is 0 Å². The van der Waals surface area contributed by atoms with E-state index in [4.69, 9.17) is 0 Å².